The van der Waals surface area contributed by atoms with Crippen molar-refractivity contribution in [1.82, 2.24) is 5.32 Å². The molecule has 1 aromatic carbocycles. The van der Waals surface area contributed by atoms with Crippen LogP contribution in [0.2, 0.25) is 0 Å². The molecule has 5 nitrogen and oxygen atoms in total. The molecule has 1 fully saturated rings. The molecule has 1 amide bonds. The van der Waals surface area contributed by atoms with Crippen LogP contribution in [-0.2, 0) is 16.0 Å². The SMILES string of the molecule is O=C(NCC1(O)CCOCC1)C1CNc2ccccc2C1. The van der Waals surface area contributed by atoms with Crippen LogP contribution in [0, 0.1) is 5.92 Å². The van der Waals surface area contributed by atoms with Gasteiger partial charge < -0.3 is 20.5 Å². The summed E-state index contributed by atoms with van der Waals surface area (Å²) in [4.78, 5) is 12.3. The van der Waals surface area contributed by atoms with Crippen LogP contribution in [0.5, 0.6) is 0 Å². The first-order valence-electron chi connectivity index (χ1n) is 7.56. The Morgan fingerprint density at radius 1 is 1.38 bits per heavy atom. The van der Waals surface area contributed by atoms with Gasteiger partial charge >= 0.3 is 0 Å². The standard InChI is InChI=1S/C16H22N2O3/c19-15(18-11-16(20)5-7-21-8-6-16)13-9-12-3-1-2-4-14(12)17-10-13/h1-4,13,17,20H,5-11H2,(H,18,19). The second-order valence-electron chi connectivity index (χ2n) is 5.99. The first-order valence-corrected chi connectivity index (χ1v) is 7.56. The Morgan fingerprint density at radius 3 is 2.95 bits per heavy atom. The van der Waals surface area contributed by atoms with Crippen molar-refractivity contribution in [3.63, 3.8) is 0 Å². The summed E-state index contributed by atoms with van der Waals surface area (Å²) < 4.78 is 5.24. The zero-order chi connectivity index (χ0) is 14.7. The molecule has 0 aromatic heterocycles. The lowest BCUT2D eigenvalue weighted by Gasteiger charge is -2.33. The second-order valence-corrected chi connectivity index (χ2v) is 5.99. The molecular formula is C16H22N2O3. The fourth-order valence-corrected chi connectivity index (χ4v) is 2.95. The Labute approximate surface area is 124 Å². The van der Waals surface area contributed by atoms with Crippen LogP contribution in [0.1, 0.15) is 18.4 Å². The molecule has 21 heavy (non-hydrogen) atoms. The van der Waals surface area contributed by atoms with E-state index in [4.69, 9.17) is 4.74 Å². The van der Waals surface area contributed by atoms with Crippen LogP contribution >= 0.6 is 0 Å². The van der Waals surface area contributed by atoms with E-state index in [1.165, 1.54) is 5.56 Å². The molecule has 1 atom stereocenters. The maximum atomic E-state index is 12.3. The fraction of sp³-hybridized carbons (Fsp3) is 0.562. The average Bonchev–Trinajstić information content (AvgIpc) is 2.53. The van der Waals surface area contributed by atoms with Gasteiger partial charge in [0, 0.05) is 44.8 Å². The van der Waals surface area contributed by atoms with Crippen LogP contribution in [0.4, 0.5) is 5.69 Å². The topological polar surface area (TPSA) is 70.6 Å². The fourth-order valence-electron chi connectivity index (χ4n) is 2.95. The summed E-state index contributed by atoms with van der Waals surface area (Å²) in [5.74, 6) is -0.0692. The molecule has 1 aromatic rings. The predicted molar refractivity (Wildman–Crippen MR) is 80.1 cm³/mol. The van der Waals surface area contributed by atoms with E-state index in [2.05, 4.69) is 10.6 Å². The Bertz CT molecular complexity index is 512. The van der Waals surface area contributed by atoms with Crippen LogP contribution in [0.25, 0.3) is 0 Å². The first kappa shape index (κ1) is 14.4. The van der Waals surface area contributed by atoms with Crippen LogP contribution in [0.15, 0.2) is 24.3 Å². The number of ether oxygens (including phenoxy) is 1. The lowest BCUT2D eigenvalue weighted by Crippen LogP contribution is -2.49. The first-order chi connectivity index (χ1) is 10.2. The number of amides is 1. The van der Waals surface area contributed by atoms with E-state index in [0.29, 0.717) is 39.1 Å². The molecule has 0 aliphatic carbocycles. The molecule has 2 heterocycles. The molecule has 2 aliphatic rings. The zero-order valence-electron chi connectivity index (χ0n) is 12.1. The number of hydrogen-bond acceptors (Lipinski definition) is 4. The minimum absolute atomic E-state index is 0.0110. The van der Waals surface area contributed by atoms with E-state index in [1.807, 2.05) is 24.3 Å². The van der Waals surface area contributed by atoms with Crippen molar-refractivity contribution in [2.24, 2.45) is 5.92 Å². The van der Waals surface area contributed by atoms with Crippen molar-refractivity contribution in [3.05, 3.63) is 29.8 Å². The molecule has 114 valence electrons. The Morgan fingerprint density at radius 2 is 2.14 bits per heavy atom. The maximum absolute atomic E-state index is 12.3. The smallest absolute Gasteiger partial charge is 0.225 e. The number of nitrogens with one attached hydrogen (secondary N) is 2. The molecule has 1 saturated heterocycles. The lowest BCUT2D eigenvalue weighted by atomic mass is 9.91. The highest BCUT2D eigenvalue weighted by Crippen LogP contribution is 2.25. The van der Waals surface area contributed by atoms with E-state index >= 15 is 0 Å². The van der Waals surface area contributed by atoms with E-state index in [9.17, 15) is 9.90 Å². The van der Waals surface area contributed by atoms with Gasteiger partial charge in [-0.1, -0.05) is 18.2 Å². The van der Waals surface area contributed by atoms with Crippen molar-refractivity contribution >= 4 is 11.6 Å². The average molecular weight is 290 g/mol. The summed E-state index contributed by atoms with van der Waals surface area (Å²) in [6, 6.07) is 8.07. The van der Waals surface area contributed by atoms with Crippen LogP contribution < -0.4 is 10.6 Å². The summed E-state index contributed by atoms with van der Waals surface area (Å²) in [5, 5.41) is 16.6. The van der Waals surface area contributed by atoms with E-state index in [0.717, 1.165) is 12.1 Å². The third kappa shape index (κ3) is 3.36. The highest BCUT2D eigenvalue weighted by atomic mass is 16.5. The molecule has 3 rings (SSSR count). The van der Waals surface area contributed by atoms with Crippen molar-refractivity contribution in [2.45, 2.75) is 24.9 Å². The van der Waals surface area contributed by atoms with Crippen LogP contribution in [-0.4, -0.2) is 42.9 Å². The maximum Gasteiger partial charge on any atom is 0.225 e. The van der Waals surface area contributed by atoms with E-state index in [1.54, 1.807) is 0 Å². The van der Waals surface area contributed by atoms with E-state index in [-0.39, 0.29) is 11.8 Å². The van der Waals surface area contributed by atoms with Crippen LogP contribution in [0.3, 0.4) is 0 Å². The molecule has 1 unspecified atom stereocenters. The summed E-state index contributed by atoms with van der Waals surface area (Å²) in [7, 11) is 0. The normalized spacial score (nSPS) is 23.8. The molecule has 0 spiro atoms. The number of benzene rings is 1. The third-order valence-corrected chi connectivity index (χ3v) is 4.41. The zero-order valence-corrected chi connectivity index (χ0v) is 12.1. The lowest BCUT2D eigenvalue weighted by molar-refractivity contribution is -0.127. The predicted octanol–water partition coefficient (Wildman–Crippen LogP) is 0.928. The molecule has 2 aliphatic heterocycles. The summed E-state index contributed by atoms with van der Waals surface area (Å²) in [6.07, 6.45) is 1.91. The molecule has 5 heteroatoms. The number of rotatable bonds is 3. The number of para-hydroxylation sites is 1. The van der Waals surface area contributed by atoms with Gasteiger partial charge in [-0.2, -0.15) is 0 Å². The quantitative estimate of drug-likeness (QED) is 0.774. The van der Waals surface area contributed by atoms with Crippen molar-refractivity contribution in [2.75, 3.05) is 31.6 Å². The summed E-state index contributed by atoms with van der Waals surface area (Å²) >= 11 is 0. The second kappa shape index (κ2) is 6.03. The van der Waals surface area contributed by atoms with Crippen molar-refractivity contribution in [1.29, 1.82) is 0 Å². The molecule has 0 saturated carbocycles. The highest BCUT2D eigenvalue weighted by Gasteiger charge is 2.31. The minimum Gasteiger partial charge on any atom is -0.388 e. The summed E-state index contributed by atoms with van der Waals surface area (Å²) in [6.45, 7) is 2.08. The number of anilines is 1. The number of fused-ring (bicyclic) bond motifs is 1. The van der Waals surface area contributed by atoms with Gasteiger partial charge in [-0.3, -0.25) is 4.79 Å². The van der Waals surface area contributed by atoms with Gasteiger partial charge in [-0.05, 0) is 18.1 Å². The van der Waals surface area contributed by atoms with Crippen molar-refractivity contribution < 1.29 is 14.6 Å². The third-order valence-electron chi connectivity index (χ3n) is 4.41. The largest absolute Gasteiger partial charge is 0.388 e. The van der Waals surface area contributed by atoms with Gasteiger partial charge in [0.25, 0.3) is 0 Å². The van der Waals surface area contributed by atoms with Gasteiger partial charge in [0.2, 0.25) is 5.91 Å². The summed E-state index contributed by atoms with van der Waals surface area (Å²) in [5.41, 5.74) is 1.48. The van der Waals surface area contributed by atoms with Gasteiger partial charge in [-0.25, -0.2) is 0 Å². The highest BCUT2D eigenvalue weighted by molar-refractivity contribution is 5.80. The number of hydrogen-bond donors (Lipinski definition) is 3. The number of carbonyl (C=O) groups is 1. The molecule has 0 radical (unpaired) electrons. The number of aliphatic hydroxyl groups is 1. The van der Waals surface area contributed by atoms with Gasteiger partial charge in [0.15, 0.2) is 0 Å². The van der Waals surface area contributed by atoms with Gasteiger partial charge in [-0.15, -0.1) is 0 Å². The van der Waals surface area contributed by atoms with Gasteiger partial charge in [0.1, 0.15) is 0 Å². The van der Waals surface area contributed by atoms with Gasteiger partial charge in [0.05, 0.1) is 11.5 Å². The number of carbonyl (C=O) groups excluding carboxylic acids is 1. The Balaban J connectivity index is 1.55. The Kier molecular flexibility index (Phi) is 4.12. The molecule has 0 bridgehead atoms. The van der Waals surface area contributed by atoms with Crippen molar-refractivity contribution in [3.8, 4) is 0 Å². The molecular weight excluding hydrogens is 268 g/mol. The van der Waals surface area contributed by atoms with E-state index < -0.39 is 5.60 Å². The minimum atomic E-state index is -0.812. The monoisotopic (exact) mass is 290 g/mol. The Hall–Kier alpha value is -1.59. The molecule has 3 N–H and O–H groups in total.